The average molecular weight is 392 g/mol. The quantitative estimate of drug-likeness (QED) is 0.852. The van der Waals surface area contributed by atoms with Crippen LogP contribution in [0.15, 0.2) is 54.6 Å². The van der Waals surface area contributed by atoms with Gasteiger partial charge in [0.2, 0.25) is 5.91 Å². The van der Waals surface area contributed by atoms with E-state index in [1.165, 1.54) is 6.42 Å². The molecule has 1 aliphatic heterocycles. The molecule has 1 N–H and O–H groups in total. The van der Waals surface area contributed by atoms with Crippen LogP contribution in [0.5, 0.6) is 5.75 Å². The van der Waals surface area contributed by atoms with Gasteiger partial charge in [-0.1, -0.05) is 61.7 Å². The molecule has 0 aromatic heterocycles. The molecule has 2 aromatic rings. The van der Waals surface area contributed by atoms with Crippen LogP contribution in [0.3, 0.4) is 0 Å². The summed E-state index contributed by atoms with van der Waals surface area (Å²) < 4.78 is 5.88. The number of para-hydroxylation sites is 1. The Hall–Kier alpha value is -2.82. The first-order valence-electron chi connectivity index (χ1n) is 10.5. The van der Waals surface area contributed by atoms with E-state index in [1.807, 2.05) is 55.5 Å². The second-order valence-corrected chi connectivity index (χ2v) is 8.03. The smallest absolute Gasteiger partial charge is 0.258 e. The van der Waals surface area contributed by atoms with Crippen LogP contribution in [0.1, 0.15) is 61.0 Å². The topological polar surface area (TPSA) is 58.6 Å². The molecule has 1 fully saturated rings. The Morgan fingerprint density at radius 2 is 1.72 bits per heavy atom. The molecule has 0 spiro atoms. The maximum absolute atomic E-state index is 13.5. The van der Waals surface area contributed by atoms with Gasteiger partial charge in [-0.3, -0.25) is 9.59 Å². The lowest BCUT2D eigenvalue weighted by atomic mass is 9.94. The van der Waals surface area contributed by atoms with Gasteiger partial charge in [0.05, 0.1) is 11.6 Å². The minimum absolute atomic E-state index is 0.109. The molecule has 0 unspecified atom stereocenters. The highest BCUT2D eigenvalue weighted by Gasteiger charge is 2.38. The van der Waals surface area contributed by atoms with Crippen molar-refractivity contribution in [2.75, 3.05) is 6.61 Å². The number of carbonyl (C=O) groups excluding carboxylic acids is 2. The predicted octanol–water partition coefficient (Wildman–Crippen LogP) is 4.10. The van der Waals surface area contributed by atoms with Crippen molar-refractivity contribution in [3.05, 3.63) is 65.7 Å². The zero-order chi connectivity index (χ0) is 20.2. The number of hydrogen-bond acceptors (Lipinski definition) is 3. The maximum atomic E-state index is 13.5. The first-order chi connectivity index (χ1) is 14.1. The Labute approximate surface area is 172 Å². The SMILES string of the molecule is C[C@H]1COc2ccccc2C(=O)N1[C@H](C(=O)NC1CCCCC1)c1ccccc1. The lowest BCUT2D eigenvalue weighted by molar-refractivity contribution is -0.127. The third kappa shape index (κ3) is 4.14. The van der Waals surface area contributed by atoms with Gasteiger partial charge in [0.15, 0.2) is 0 Å². The summed E-state index contributed by atoms with van der Waals surface area (Å²) in [5, 5.41) is 3.23. The molecule has 0 radical (unpaired) electrons. The van der Waals surface area contributed by atoms with Crippen LogP contribution in [0.2, 0.25) is 0 Å². The average Bonchev–Trinajstić information content (AvgIpc) is 2.88. The Balaban J connectivity index is 1.69. The zero-order valence-corrected chi connectivity index (χ0v) is 16.8. The Morgan fingerprint density at radius 1 is 1.03 bits per heavy atom. The van der Waals surface area contributed by atoms with Crippen molar-refractivity contribution in [1.82, 2.24) is 10.2 Å². The van der Waals surface area contributed by atoms with Gasteiger partial charge in [0, 0.05) is 6.04 Å². The Morgan fingerprint density at radius 3 is 2.48 bits per heavy atom. The zero-order valence-electron chi connectivity index (χ0n) is 16.8. The van der Waals surface area contributed by atoms with Crippen LogP contribution in [-0.2, 0) is 4.79 Å². The molecule has 5 heteroatoms. The van der Waals surface area contributed by atoms with Crippen molar-refractivity contribution in [1.29, 1.82) is 0 Å². The van der Waals surface area contributed by atoms with E-state index in [0.717, 1.165) is 31.2 Å². The highest BCUT2D eigenvalue weighted by Crippen LogP contribution is 2.32. The van der Waals surface area contributed by atoms with Crippen molar-refractivity contribution in [3.8, 4) is 5.75 Å². The van der Waals surface area contributed by atoms with Gasteiger partial charge in [-0.2, -0.15) is 0 Å². The lowest BCUT2D eigenvalue weighted by Crippen LogP contribution is -2.50. The fourth-order valence-electron chi connectivity index (χ4n) is 4.37. The molecular formula is C24H28N2O3. The van der Waals surface area contributed by atoms with Crippen molar-refractivity contribution < 1.29 is 14.3 Å². The lowest BCUT2D eigenvalue weighted by Gasteiger charge is -2.35. The number of ether oxygens (including phenoxy) is 1. The van der Waals surface area contributed by atoms with Crippen molar-refractivity contribution in [2.24, 2.45) is 0 Å². The molecule has 29 heavy (non-hydrogen) atoms. The van der Waals surface area contributed by atoms with E-state index >= 15 is 0 Å². The first-order valence-corrected chi connectivity index (χ1v) is 10.5. The molecule has 1 heterocycles. The van der Waals surface area contributed by atoms with Crippen LogP contribution in [0.25, 0.3) is 0 Å². The van der Waals surface area contributed by atoms with E-state index < -0.39 is 6.04 Å². The summed E-state index contributed by atoms with van der Waals surface area (Å²) in [5.41, 5.74) is 1.32. The number of hydrogen-bond donors (Lipinski definition) is 1. The molecule has 0 bridgehead atoms. The summed E-state index contributed by atoms with van der Waals surface area (Å²) >= 11 is 0. The molecule has 5 nitrogen and oxygen atoms in total. The van der Waals surface area contributed by atoms with E-state index in [-0.39, 0.29) is 23.9 Å². The molecule has 2 amide bonds. The second-order valence-electron chi connectivity index (χ2n) is 8.03. The highest BCUT2D eigenvalue weighted by molar-refractivity contribution is 6.00. The maximum Gasteiger partial charge on any atom is 0.258 e. The molecule has 0 saturated heterocycles. The monoisotopic (exact) mass is 392 g/mol. The minimum atomic E-state index is -0.685. The van der Waals surface area contributed by atoms with E-state index in [0.29, 0.717) is 17.9 Å². The summed E-state index contributed by atoms with van der Waals surface area (Å²) in [6.45, 7) is 2.29. The van der Waals surface area contributed by atoms with Crippen molar-refractivity contribution in [2.45, 2.75) is 57.2 Å². The molecular weight excluding hydrogens is 364 g/mol. The number of nitrogens with zero attached hydrogens (tertiary/aromatic N) is 1. The van der Waals surface area contributed by atoms with Gasteiger partial charge in [-0.15, -0.1) is 0 Å². The molecule has 1 saturated carbocycles. The number of nitrogens with one attached hydrogen (secondary N) is 1. The van der Waals surface area contributed by atoms with E-state index in [9.17, 15) is 9.59 Å². The van der Waals surface area contributed by atoms with Gasteiger partial charge < -0.3 is 15.0 Å². The van der Waals surface area contributed by atoms with Gasteiger partial charge >= 0.3 is 0 Å². The molecule has 2 aliphatic rings. The third-order valence-corrected chi connectivity index (χ3v) is 5.90. The highest BCUT2D eigenvalue weighted by atomic mass is 16.5. The van der Waals surface area contributed by atoms with Gasteiger partial charge in [0.1, 0.15) is 18.4 Å². The van der Waals surface area contributed by atoms with E-state index in [4.69, 9.17) is 4.74 Å². The molecule has 4 rings (SSSR count). The van der Waals surface area contributed by atoms with Gasteiger partial charge in [-0.25, -0.2) is 0 Å². The molecule has 1 aliphatic carbocycles. The first kappa shape index (κ1) is 19.5. The van der Waals surface area contributed by atoms with Crippen LogP contribution in [-0.4, -0.2) is 35.4 Å². The van der Waals surface area contributed by atoms with Crippen LogP contribution in [0.4, 0.5) is 0 Å². The normalized spacial score (nSPS) is 20.9. The fraction of sp³-hybridized carbons (Fsp3) is 0.417. The van der Waals surface area contributed by atoms with Crippen LogP contribution >= 0.6 is 0 Å². The van der Waals surface area contributed by atoms with Crippen LogP contribution in [0, 0.1) is 0 Å². The van der Waals surface area contributed by atoms with Crippen LogP contribution < -0.4 is 10.1 Å². The second kappa shape index (κ2) is 8.68. The molecule has 152 valence electrons. The molecule has 2 aromatic carbocycles. The summed E-state index contributed by atoms with van der Waals surface area (Å²) in [4.78, 5) is 28.7. The minimum Gasteiger partial charge on any atom is -0.491 e. The molecule has 2 atom stereocenters. The summed E-state index contributed by atoms with van der Waals surface area (Å²) in [6, 6.07) is 16.1. The summed E-state index contributed by atoms with van der Waals surface area (Å²) in [6.07, 6.45) is 5.51. The predicted molar refractivity (Wildman–Crippen MR) is 112 cm³/mol. The number of amides is 2. The van der Waals surface area contributed by atoms with E-state index in [1.54, 1.807) is 11.0 Å². The number of fused-ring (bicyclic) bond motifs is 1. The number of benzene rings is 2. The number of rotatable bonds is 4. The number of carbonyl (C=O) groups is 2. The Bertz CT molecular complexity index is 861. The van der Waals surface area contributed by atoms with Crippen molar-refractivity contribution in [3.63, 3.8) is 0 Å². The Kier molecular flexibility index (Phi) is 5.84. The third-order valence-electron chi connectivity index (χ3n) is 5.90. The fourth-order valence-corrected chi connectivity index (χ4v) is 4.37. The van der Waals surface area contributed by atoms with E-state index in [2.05, 4.69) is 5.32 Å². The summed E-state index contributed by atoms with van der Waals surface area (Å²) in [5.74, 6) is 0.298. The largest absolute Gasteiger partial charge is 0.491 e. The van der Waals surface area contributed by atoms with Crippen molar-refractivity contribution >= 4 is 11.8 Å². The van der Waals surface area contributed by atoms with Gasteiger partial charge in [0.25, 0.3) is 5.91 Å². The van der Waals surface area contributed by atoms with Gasteiger partial charge in [-0.05, 0) is 37.5 Å². The standard InChI is InChI=1S/C24H28N2O3/c1-17-16-29-21-15-9-8-14-20(21)24(28)26(17)22(18-10-4-2-5-11-18)23(27)25-19-12-6-3-7-13-19/h2,4-5,8-11,14-15,17,19,22H,3,6-7,12-13,16H2,1H3,(H,25,27)/t17-,22-/m0/s1. The summed E-state index contributed by atoms with van der Waals surface area (Å²) in [7, 11) is 0.